The number of rotatable bonds is 4. The molecule has 3 rings (SSSR count). The van der Waals surface area contributed by atoms with E-state index in [-0.39, 0.29) is 5.91 Å². The molecule has 5 heteroatoms. The molecule has 1 aromatic rings. The van der Waals surface area contributed by atoms with Gasteiger partial charge in [-0.2, -0.15) is 0 Å². The van der Waals surface area contributed by atoms with Crippen molar-refractivity contribution >= 4 is 5.91 Å². The van der Waals surface area contributed by atoms with E-state index in [2.05, 4.69) is 10.3 Å². The van der Waals surface area contributed by atoms with Crippen molar-refractivity contribution in [3.05, 3.63) is 18.2 Å². The average molecular weight is 276 g/mol. The van der Waals surface area contributed by atoms with Crippen LogP contribution in [0.3, 0.4) is 0 Å². The predicted octanol–water partition coefficient (Wildman–Crippen LogP) is 1.30. The Morgan fingerprint density at radius 2 is 2.15 bits per heavy atom. The third kappa shape index (κ3) is 2.87. The Morgan fingerprint density at radius 1 is 1.45 bits per heavy atom. The first-order valence-corrected chi connectivity index (χ1v) is 7.58. The zero-order valence-electron chi connectivity index (χ0n) is 12.4. The molecule has 110 valence electrons. The minimum atomic E-state index is 0.249. The van der Waals surface area contributed by atoms with Crippen molar-refractivity contribution in [2.75, 3.05) is 7.05 Å². The molecule has 2 aliphatic heterocycles. The van der Waals surface area contributed by atoms with Crippen LogP contribution in [0.25, 0.3) is 0 Å². The summed E-state index contributed by atoms with van der Waals surface area (Å²) in [6, 6.07) is 1.32. The molecule has 3 heterocycles. The van der Waals surface area contributed by atoms with Gasteiger partial charge in [0.15, 0.2) is 0 Å². The van der Waals surface area contributed by atoms with Crippen LogP contribution in [0.2, 0.25) is 0 Å². The highest BCUT2D eigenvalue weighted by Gasteiger charge is 2.34. The van der Waals surface area contributed by atoms with E-state index in [0.717, 1.165) is 5.82 Å². The van der Waals surface area contributed by atoms with Gasteiger partial charge < -0.3 is 14.8 Å². The molecule has 0 saturated carbocycles. The summed E-state index contributed by atoms with van der Waals surface area (Å²) in [6.07, 6.45) is 9.29. The van der Waals surface area contributed by atoms with Crippen molar-refractivity contribution in [2.45, 2.75) is 50.7 Å². The number of hydrogen-bond acceptors (Lipinski definition) is 3. The fourth-order valence-electron chi connectivity index (χ4n) is 3.59. The Balaban J connectivity index is 1.52. The molecule has 0 radical (unpaired) electrons. The number of hydrogen-bond donors (Lipinski definition) is 1. The molecular weight excluding hydrogens is 252 g/mol. The first-order valence-electron chi connectivity index (χ1n) is 7.58. The SMILES string of the molecule is CN(Cc1nccn1C)C(=O)CC1CC2CCC(C1)N2. The summed E-state index contributed by atoms with van der Waals surface area (Å²) < 4.78 is 1.97. The molecule has 2 saturated heterocycles. The normalized spacial score (nSPS) is 28.6. The van der Waals surface area contributed by atoms with Crippen molar-refractivity contribution in [1.82, 2.24) is 19.8 Å². The van der Waals surface area contributed by atoms with Gasteiger partial charge in [-0.3, -0.25) is 4.79 Å². The number of imidazole rings is 1. The van der Waals surface area contributed by atoms with Crippen LogP contribution >= 0.6 is 0 Å². The number of carbonyl (C=O) groups excluding carboxylic acids is 1. The predicted molar refractivity (Wildman–Crippen MR) is 77.0 cm³/mol. The highest BCUT2D eigenvalue weighted by atomic mass is 16.2. The van der Waals surface area contributed by atoms with Crippen LogP contribution in [0.15, 0.2) is 12.4 Å². The lowest BCUT2D eigenvalue weighted by atomic mass is 9.89. The topological polar surface area (TPSA) is 50.2 Å². The first kappa shape index (κ1) is 13.6. The second kappa shape index (κ2) is 5.56. The van der Waals surface area contributed by atoms with Crippen LogP contribution in [0.5, 0.6) is 0 Å². The van der Waals surface area contributed by atoms with E-state index in [1.807, 2.05) is 29.8 Å². The molecule has 2 unspecified atom stereocenters. The Labute approximate surface area is 120 Å². The molecule has 2 atom stereocenters. The minimum Gasteiger partial charge on any atom is -0.338 e. The van der Waals surface area contributed by atoms with Gasteiger partial charge >= 0.3 is 0 Å². The van der Waals surface area contributed by atoms with Gasteiger partial charge in [0.25, 0.3) is 0 Å². The lowest BCUT2D eigenvalue weighted by Gasteiger charge is -2.29. The van der Waals surface area contributed by atoms with Crippen molar-refractivity contribution < 1.29 is 4.79 Å². The number of piperidine rings is 1. The fraction of sp³-hybridized carbons (Fsp3) is 0.733. The number of fused-ring (bicyclic) bond motifs is 2. The van der Waals surface area contributed by atoms with E-state index in [1.165, 1.54) is 25.7 Å². The summed E-state index contributed by atoms with van der Waals surface area (Å²) in [7, 11) is 3.85. The quantitative estimate of drug-likeness (QED) is 0.902. The Bertz CT molecular complexity index is 472. The van der Waals surface area contributed by atoms with Gasteiger partial charge in [0.05, 0.1) is 6.54 Å². The molecular formula is C15H24N4O. The highest BCUT2D eigenvalue weighted by Crippen LogP contribution is 2.32. The number of nitrogens with zero attached hydrogens (tertiary/aromatic N) is 3. The van der Waals surface area contributed by atoms with E-state index in [9.17, 15) is 4.79 Å². The molecule has 0 aromatic carbocycles. The highest BCUT2D eigenvalue weighted by molar-refractivity contribution is 5.76. The van der Waals surface area contributed by atoms with Crippen LogP contribution in [-0.2, 0) is 18.4 Å². The van der Waals surface area contributed by atoms with Gasteiger partial charge in [-0.25, -0.2) is 4.98 Å². The zero-order chi connectivity index (χ0) is 14.1. The number of aromatic nitrogens is 2. The fourth-order valence-corrected chi connectivity index (χ4v) is 3.59. The maximum atomic E-state index is 12.4. The molecule has 0 aliphatic carbocycles. The monoisotopic (exact) mass is 276 g/mol. The van der Waals surface area contributed by atoms with E-state index in [4.69, 9.17) is 0 Å². The van der Waals surface area contributed by atoms with E-state index >= 15 is 0 Å². The third-order valence-corrected chi connectivity index (χ3v) is 4.76. The van der Waals surface area contributed by atoms with Gasteiger partial charge in [-0.15, -0.1) is 0 Å². The number of carbonyl (C=O) groups is 1. The summed E-state index contributed by atoms with van der Waals surface area (Å²) in [5, 5.41) is 3.63. The Morgan fingerprint density at radius 3 is 2.75 bits per heavy atom. The Hall–Kier alpha value is -1.36. The van der Waals surface area contributed by atoms with Crippen LogP contribution < -0.4 is 5.32 Å². The maximum absolute atomic E-state index is 12.4. The smallest absolute Gasteiger partial charge is 0.222 e. The maximum Gasteiger partial charge on any atom is 0.222 e. The summed E-state index contributed by atoms with van der Waals surface area (Å²) in [4.78, 5) is 18.4. The molecule has 20 heavy (non-hydrogen) atoms. The first-order chi connectivity index (χ1) is 9.61. The lowest BCUT2D eigenvalue weighted by Crippen LogP contribution is -2.40. The second-order valence-electron chi connectivity index (χ2n) is 6.38. The zero-order valence-corrected chi connectivity index (χ0v) is 12.4. The third-order valence-electron chi connectivity index (χ3n) is 4.76. The average Bonchev–Trinajstić information content (AvgIpc) is 2.96. The molecule has 2 bridgehead atoms. The molecule has 2 aliphatic rings. The Kier molecular flexibility index (Phi) is 3.78. The van der Waals surface area contributed by atoms with Crippen LogP contribution in [-0.4, -0.2) is 39.5 Å². The summed E-state index contributed by atoms with van der Waals surface area (Å²) in [5.41, 5.74) is 0. The number of nitrogens with one attached hydrogen (secondary N) is 1. The summed E-state index contributed by atoms with van der Waals surface area (Å²) in [5.74, 6) is 1.75. The molecule has 2 fully saturated rings. The van der Waals surface area contributed by atoms with Crippen molar-refractivity contribution in [3.63, 3.8) is 0 Å². The van der Waals surface area contributed by atoms with E-state index < -0.39 is 0 Å². The summed E-state index contributed by atoms with van der Waals surface area (Å²) in [6.45, 7) is 0.597. The van der Waals surface area contributed by atoms with E-state index in [1.54, 1.807) is 6.20 Å². The molecule has 1 aromatic heterocycles. The van der Waals surface area contributed by atoms with Crippen molar-refractivity contribution in [2.24, 2.45) is 13.0 Å². The number of aryl methyl sites for hydroxylation is 1. The minimum absolute atomic E-state index is 0.249. The van der Waals surface area contributed by atoms with Gasteiger partial charge in [0.1, 0.15) is 5.82 Å². The molecule has 1 amide bonds. The van der Waals surface area contributed by atoms with E-state index in [0.29, 0.717) is 31.0 Å². The molecule has 1 N–H and O–H groups in total. The van der Waals surface area contributed by atoms with Crippen LogP contribution in [0, 0.1) is 5.92 Å². The van der Waals surface area contributed by atoms with Crippen molar-refractivity contribution in [3.8, 4) is 0 Å². The van der Waals surface area contributed by atoms with Gasteiger partial charge in [0, 0.05) is 45.0 Å². The van der Waals surface area contributed by atoms with Gasteiger partial charge in [-0.1, -0.05) is 0 Å². The second-order valence-corrected chi connectivity index (χ2v) is 6.38. The standard InChI is InChI=1S/C15H24N4O/c1-18-6-5-16-14(18)10-19(2)15(20)9-11-7-12-3-4-13(8-11)17-12/h5-6,11-13,17H,3-4,7-10H2,1-2H3. The van der Waals surface area contributed by atoms with Crippen LogP contribution in [0.4, 0.5) is 0 Å². The number of amides is 1. The molecule has 0 spiro atoms. The van der Waals surface area contributed by atoms with Crippen molar-refractivity contribution in [1.29, 1.82) is 0 Å². The van der Waals surface area contributed by atoms with Gasteiger partial charge in [-0.05, 0) is 31.6 Å². The largest absolute Gasteiger partial charge is 0.338 e. The van der Waals surface area contributed by atoms with Gasteiger partial charge in [0.2, 0.25) is 5.91 Å². The summed E-state index contributed by atoms with van der Waals surface area (Å²) >= 11 is 0. The molecule has 5 nitrogen and oxygen atoms in total. The lowest BCUT2D eigenvalue weighted by molar-refractivity contribution is -0.131. The van der Waals surface area contributed by atoms with Crippen LogP contribution in [0.1, 0.15) is 37.9 Å².